The molecule has 0 saturated heterocycles. The third kappa shape index (κ3) is 4.80. The summed E-state index contributed by atoms with van der Waals surface area (Å²) in [5.41, 5.74) is 0.254. The molecule has 1 aliphatic carbocycles. The molecule has 1 N–H and O–H groups in total. The van der Waals surface area contributed by atoms with Crippen LogP contribution in [-0.2, 0) is 0 Å². The standard InChI is InChI=1S/C14H30N2S/c1-11(10-17-6)16(5)13-8-7-12(13)9-15-14(2,3)4/h11-13,15H,7-10H2,1-6H3. The molecule has 0 aromatic rings. The third-order valence-corrected chi connectivity index (χ3v) is 4.71. The summed E-state index contributed by atoms with van der Waals surface area (Å²) in [6.45, 7) is 10.3. The molecule has 1 fully saturated rings. The van der Waals surface area contributed by atoms with Gasteiger partial charge in [0.1, 0.15) is 0 Å². The Bertz CT molecular complexity index is 225. The minimum Gasteiger partial charge on any atom is -0.312 e. The zero-order valence-corrected chi connectivity index (χ0v) is 13.2. The van der Waals surface area contributed by atoms with E-state index in [1.54, 1.807) is 0 Å². The van der Waals surface area contributed by atoms with Gasteiger partial charge in [0.25, 0.3) is 0 Å². The lowest BCUT2D eigenvalue weighted by Gasteiger charge is -2.46. The molecule has 2 nitrogen and oxygen atoms in total. The zero-order valence-electron chi connectivity index (χ0n) is 12.4. The van der Waals surface area contributed by atoms with Crippen LogP contribution in [0.15, 0.2) is 0 Å². The third-order valence-electron chi connectivity index (χ3n) is 3.90. The molecule has 1 rings (SSSR count). The molecule has 0 spiro atoms. The Morgan fingerprint density at radius 2 is 2.00 bits per heavy atom. The Hall–Kier alpha value is 0.270. The van der Waals surface area contributed by atoms with Gasteiger partial charge in [-0.2, -0.15) is 11.8 Å². The summed E-state index contributed by atoms with van der Waals surface area (Å²) in [6, 6.07) is 1.50. The monoisotopic (exact) mass is 258 g/mol. The number of hydrogen-bond acceptors (Lipinski definition) is 3. The molecule has 0 aliphatic heterocycles. The largest absolute Gasteiger partial charge is 0.312 e. The molecule has 0 amide bonds. The molecule has 3 heteroatoms. The van der Waals surface area contributed by atoms with Gasteiger partial charge < -0.3 is 5.32 Å². The van der Waals surface area contributed by atoms with Crippen molar-refractivity contribution >= 4 is 11.8 Å². The topological polar surface area (TPSA) is 15.3 Å². The van der Waals surface area contributed by atoms with Crippen molar-refractivity contribution in [3.63, 3.8) is 0 Å². The van der Waals surface area contributed by atoms with E-state index in [4.69, 9.17) is 0 Å². The van der Waals surface area contributed by atoms with Crippen LogP contribution in [0.2, 0.25) is 0 Å². The number of rotatable bonds is 6. The van der Waals surface area contributed by atoms with Crippen molar-refractivity contribution in [3.8, 4) is 0 Å². The minimum atomic E-state index is 0.254. The highest BCUT2D eigenvalue weighted by molar-refractivity contribution is 7.98. The van der Waals surface area contributed by atoms with E-state index in [-0.39, 0.29) is 5.54 Å². The number of thioether (sulfide) groups is 1. The minimum absolute atomic E-state index is 0.254. The van der Waals surface area contributed by atoms with Crippen molar-refractivity contribution in [2.45, 2.75) is 58.2 Å². The molecule has 1 aliphatic rings. The molecule has 17 heavy (non-hydrogen) atoms. The lowest BCUT2D eigenvalue weighted by atomic mass is 9.77. The van der Waals surface area contributed by atoms with Crippen molar-refractivity contribution in [3.05, 3.63) is 0 Å². The van der Waals surface area contributed by atoms with Crippen molar-refractivity contribution in [1.82, 2.24) is 10.2 Å². The first-order chi connectivity index (χ1) is 7.85. The Labute approximate surface area is 112 Å². The molecule has 0 heterocycles. The van der Waals surface area contributed by atoms with E-state index in [1.165, 1.54) is 25.1 Å². The van der Waals surface area contributed by atoms with Gasteiger partial charge in [0.05, 0.1) is 0 Å². The fourth-order valence-electron chi connectivity index (χ4n) is 2.45. The van der Waals surface area contributed by atoms with E-state index >= 15 is 0 Å². The highest BCUT2D eigenvalue weighted by Crippen LogP contribution is 2.32. The highest BCUT2D eigenvalue weighted by Gasteiger charge is 2.35. The molecule has 102 valence electrons. The van der Waals surface area contributed by atoms with Crippen LogP contribution in [0, 0.1) is 5.92 Å². The van der Waals surface area contributed by atoms with Crippen molar-refractivity contribution < 1.29 is 0 Å². The van der Waals surface area contributed by atoms with E-state index in [1.807, 2.05) is 11.8 Å². The molecule has 3 atom stereocenters. The van der Waals surface area contributed by atoms with Gasteiger partial charge in [-0.25, -0.2) is 0 Å². The Morgan fingerprint density at radius 1 is 1.35 bits per heavy atom. The smallest absolute Gasteiger partial charge is 0.0157 e. The maximum Gasteiger partial charge on any atom is 0.0157 e. The summed E-state index contributed by atoms with van der Waals surface area (Å²) in [6.07, 6.45) is 4.97. The highest BCUT2D eigenvalue weighted by atomic mass is 32.2. The van der Waals surface area contributed by atoms with Gasteiger partial charge in [-0.3, -0.25) is 4.90 Å². The lowest BCUT2D eigenvalue weighted by Crippen LogP contribution is -2.54. The Kier molecular flexibility index (Phi) is 5.81. The van der Waals surface area contributed by atoms with Crippen LogP contribution in [0.3, 0.4) is 0 Å². The van der Waals surface area contributed by atoms with Gasteiger partial charge in [0.15, 0.2) is 0 Å². The van der Waals surface area contributed by atoms with Crippen LogP contribution in [0.25, 0.3) is 0 Å². The second-order valence-electron chi connectivity index (χ2n) is 6.51. The van der Waals surface area contributed by atoms with E-state index < -0.39 is 0 Å². The quantitative estimate of drug-likeness (QED) is 0.789. The zero-order chi connectivity index (χ0) is 13.1. The summed E-state index contributed by atoms with van der Waals surface area (Å²) in [4.78, 5) is 2.59. The van der Waals surface area contributed by atoms with Crippen LogP contribution in [-0.4, -0.2) is 48.1 Å². The van der Waals surface area contributed by atoms with Crippen LogP contribution in [0.4, 0.5) is 0 Å². The summed E-state index contributed by atoms with van der Waals surface area (Å²) in [7, 11) is 2.30. The second kappa shape index (κ2) is 6.44. The molecule has 0 aromatic heterocycles. The molecular formula is C14H30N2S. The van der Waals surface area contributed by atoms with Gasteiger partial charge in [0.2, 0.25) is 0 Å². The average Bonchev–Trinajstić information content (AvgIpc) is 2.14. The van der Waals surface area contributed by atoms with E-state index in [0.717, 1.165) is 12.0 Å². The van der Waals surface area contributed by atoms with Gasteiger partial charge >= 0.3 is 0 Å². The van der Waals surface area contributed by atoms with Crippen molar-refractivity contribution in [2.24, 2.45) is 5.92 Å². The fourth-order valence-corrected chi connectivity index (χ4v) is 3.17. The van der Waals surface area contributed by atoms with Crippen molar-refractivity contribution in [1.29, 1.82) is 0 Å². The molecule has 1 saturated carbocycles. The van der Waals surface area contributed by atoms with Crippen LogP contribution in [0.1, 0.15) is 40.5 Å². The van der Waals surface area contributed by atoms with Crippen LogP contribution >= 0.6 is 11.8 Å². The average molecular weight is 258 g/mol. The maximum atomic E-state index is 3.65. The fraction of sp³-hybridized carbons (Fsp3) is 1.00. The van der Waals surface area contributed by atoms with Gasteiger partial charge in [-0.15, -0.1) is 0 Å². The summed E-state index contributed by atoms with van der Waals surface area (Å²) in [5.74, 6) is 2.09. The first-order valence-corrected chi connectivity index (χ1v) is 8.20. The Morgan fingerprint density at radius 3 is 2.41 bits per heavy atom. The first kappa shape index (κ1) is 15.3. The molecule has 0 radical (unpaired) electrons. The van der Waals surface area contributed by atoms with E-state index in [2.05, 4.69) is 51.2 Å². The molecule has 3 unspecified atom stereocenters. The predicted octanol–water partition coefficient (Wildman–Crippen LogP) is 2.84. The molecular weight excluding hydrogens is 228 g/mol. The SMILES string of the molecule is CSCC(C)N(C)C1CCC1CNC(C)(C)C. The van der Waals surface area contributed by atoms with Gasteiger partial charge in [-0.05, 0) is 66.3 Å². The lowest BCUT2D eigenvalue weighted by molar-refractivity contribution is 0.0587. The summed E-state index contributed by atoms with van der Waals surface area (Å²) < 4.78 is 0. The summed E-state index contributed by atoms with van der Waals surface area (Å²) in [5, 5.41) is 3.65. The molecule has 0 bridgehead atoms. The van der Waals surface area contributed by atoms with Gasteiger partial charge in [0, 0.05) is 23.4 Å². The summed E-state index contributed by atoms with van der Waals surface area (Å²) >= 11 is 1.95. The van der Waals surface area contributed by atoms with Gasteiger partial charge in [-0.1, -0.05) is 0 Å². The van der Waals surface area contributed by atoms with Crippen molar-refractivity contribution in [2.75, 3.05) is 25.6 Å². The molecule has 0 aromatic carbocycles. The Balaban J connectivity index is 2.35. The van der Waals surface area contributed by atoms with Crippen LogP contribution < -0.4 is 5.32 Å². The van der Waals surface area contributed by atoms with E-state index in [0.29, 0.717) is 6.04 Å². The number of nitrogens with one attached hydrogen (secondary N) is 1. The maximum absolute atomic E-state index is 3.65. The predicted molar refractivity (Wildman–Crippen MR) is 79.9 cm³/mol. The van der Waals surface area contributed by atoms with E-state index in [9.17, 15) is 0 Å². The van der Waals surface area contributed by atoms with Crippen LogP contribution in [0.5, 0.6) is 0 Å². The normalized spacial score (nSPS) is 27.0. The number of hydrogen-bond donors (Lipinski definition) is 1. The number of nitrogens with zero attached hydrogens (tertiary/aromatic N) is 1. The first-order valence-electron chi connectivity index (χ1n) is 6.81. The second-order valence-corrected chi connectivity index (χ2v) is 7.42.